The van der Waals surface area contributed by atoms with Crippen molar-refractivity contribution in [3.63, 3.8) is 0 Å². The molecule has 4 aromatic heterocycles. The van der Waals surface area contributed by atoms with Crippen LogP contribution in [0.3, 0.4) is 0 Å². The van der Waals surface area contributed by atoms with Crippen LogP contribution in [0.5, 0.6) is 0 Å². The van der Waals surface area contributed by atoms with Crippen molar-refractivity contribution in [1.29, 1.82) is 0 Å². The molecule has 2 aliphatic rings. The highest BCUT2D eigenvalue weighted by molar-refractivity contribution is 6.31. The fourth-order valence-corrected chi connectivity index (χ4v) is 7.88. The first-order valence-electron chi connectivity index (χ1n) is 19.9. The Labute approximate surface area is 358 Å². The molecule has 6 aromatic rings. The second kappa shape index (κ2) is 18.1. The van der Waals surface area contributed by atoms with Gasteiger partial charge in [-0.3, -0.25) is 24.9 Å². The van der Waals surface area contributed by atoms with Gasteiger partial charge in [-0.05, 0) is 99.0 Å². The summed E-state index contributed by atoms with van der Waals surface area (Å²) in [4.78, 5) is 66.8. The van der Waals surface area contributed by atoms with E-state index < -0.39 is 6.03 Å². The van der Waals surface area contributed by atoms with Gasteiger partial charge >= 0.3 is 12.1 Å². The van der Waals surface area contributed by atoms with Gasteiger partial charge < -0.3 is 15.1 Å². The van der Waals surface area contributed by atoms with Crippen LogP contribution < -0.4 is 30.2 Å². The number of nitrogens with one attached hydrogen (secondary N) is 2. The summed E-state index contributed by atoms with van der Waals surface area (Å²) in [5, 5.41) is 7.13. The smallest absolute Gasteiger partial charge is 0.328 e. The van der Waals surface area contributed by atoms with E-state index in [1.54, 1.807) is 46.5 Å². The van der Waals surface area contributed by atoms with E-state index in [9.17, 15) is 14.4 Å². The summed E-state index contributed by atoms with van der Waals surface area (Å²) in [6.45, 7) is 4.35. The van der Waals surface area contributed by atoms with Crippen molar-refractivity contribution in [2.45, 2.75) is 32.6 Å². The number of nitrogens with zero attached hydrogens (tertiary/aromatic N) is 8. The van der Waals surface area contributed by atoms with E-state index in [4.69, 9.17) is 38.2 Å². The molecule has 0 unspecified atom stereocenters. The lowest BCUT2D eigenvalue weighted by Gasteiger charge is -2.26. The average Bonchev–Trinajstić information content (AvgIpc) is 3.52. The first kappa shape index (κ1) is 40.2. The van der Waals surface area contributed by atoms with Crippen LogP contribution in [0.4, 0.5) is 44.1 Å². The maximum Gasteiger partial charge on any atom is 0.328 e. The third kappa shape index (κ3) is 9.02. The number of carbonyl (C=O) groups excluding carboxylic acids is 3. The molecule has 0 atom stereocenters. The summed E-state index contributed by atoms with van der Waals surface area (Å²) >= 11 is 12.6. The Hall–Kier alpha value is -6.57. The Kier molecular flexibility index (Phi) is 12.2. The molecule has 2 aromatic carbocycles. The predicted octanol–water partition coefficient (Wildman–Crippen LogP) is 9.58. The SMILES string of the molecule is CCN1C(=O)CCN(C(=O)Nc2cccc(CCCN3CCCN(C(=O)Nc4ccncc4)c4nc(-c5cccc(Cl)c5)ccc43)n2)c2nc(-c3cccc(Cl)c3)ccc21. The van der Waals surface area contributed by atoms with Crippen molar-refractivity contribution < 1.29 is 14.4 Å². The molecule has 0 spiro atoms. The fraction of sp³-hybridized carbons (Fsp3) is 0.222. The van der Waals surface area contributed by atoms with E-state index in [1.807, 2.05) is 85.8 Å². The van der Waals surface area contributed by atoms with Crippen molar-refractivity contribution in [2.24, 2.45) is 0 Å². The quantitative estimate of drug-likeness (QED) is 0.147. The number of rotatable bonds is 9. The highest BCUT2D eigenvalue weighted by atomic mass is 35.5. The Balaban J connectivity index is 0.987. The number of pyridine rings is 4. The maximum absolute atomic E-state index is 14.0. The van der Waals surface area contributed by atoms with Crippen molar-refractivity contribution in [3.05, 3.63) is 131 Å². The number of hydrogen-bond donors (Lipinski definition) is 2. The number of halogens is 2. The third-order valence-electron chi connectivity index (χ3n) is 10.4. The van der Waals surface area contributed by atoms with Crippen LogP contribution in [-0.2, 0) is 11.2 Å². The highest BCUT2D eigenvalue weighted by Crippen LogP contribution is 2.36. The van der Waals surface area contributed by atoms with Crippen molar-refractivity contribution in [3.8, 4) is 22.5 Å². The number of aryl methyl sites for hydroxylation is 1. The van der Waals surface area contributed by atoms with E-state index in [-0.39, 0.29) is 24.9 Å². The second-order valence-electron chi connectivity index (χ2n) is 14.3. The first-order chi connectivity index (χ1) is 29.2. The molecule has 0 fully saturated rings. The molecule has 0 saturated carbocycles. The molecule has 13 nitrogen and oxygen atoms in total. The molecule has 60 heavy (non-hydrogen) atoms. The summed E-state index contributed by atoms with van der Waals surface area (Å²) in [5.41, 5.74) is 5.84. The lowest BCUT2D eigenvalue weighted by Crippen LogP contribution is -2.36. The zero-order valence-electron chi connectivity index (χ0n) is 32.9. The molecule has 2 aliphatic heterocycles. The third-order valence-corrected chi connectivity index (χ3v) is 10.9. The minimum Gasteiger partial charge on any atom is -0.368 e. The van der Waals surface area contributed by atoms with Crippen LogP contribution in [0.25, 0.3) is 22.5 Å². The summed E-state index contributed by atoms with van der Waals surface area (Å²) < 4.78 is 0. The molecule has 0 radical (unpaired) electrons. The number of urea groups is 2. The molecule has 0 aliphatic carbocycles. The zero-order chi connectivity index (χ0) is 41.6. The minimum atomic E-state index is -0.439. The van der Waals surface area contributed by atoms with Gasteiger partial charge in [0.05, 0.1) is 22.8 Å². The maximum atomic E-state index is 14.0. The Morgan fingerprint density at radius 1 is 0.700 bits per heavy atom. The molecule has 304 valence electrons. The molecule has 15 heteroatoms. The summed E-state index contributed by atoms with van der Waals surface area (Å²) in [7, 11) is 0. The Morgan fingerprint density at radius 2 is 1.33 bits per heavy atom. The van der Waals surface area contributed by atoms with Crippen LogP contribution in [0, 0.1) is 0 Å². The lowest BCUT2D eigenvalue weighted by atomic mass is 10.1. The van der Waals surface area contributed by atoms with Gasteiger partial charge in [0, 0.05) is 84.1 Å². The molecule has 2 N–H and O–H groups in total. The number of anilines is 6. The molecule has 6 heterocycles. The van der Waals surface area contributed by atoms with Crippen LogP contribution in [0.2, 0.25) is 10.0 Å². The van der Waals surface area contributed by atoms with Crippen molar-refractivity contribution >= 4 is 75.7 Å². The van der Waals surface area contributed by atoms with Gasteiger partial charge in [0.25, 0.3) is 0 Å². The van der Waals surface area contributed by atoms with Crippen LogP contribution in [0.15, 0.2) is 116 Å². The normalized spacial score (nSPS) is 13.9. The Bertz CT molecular complexity index is 2540. The summed E-state index contributed by atoms with van der Waals surface area (Å²) in [6, 6.07) is 30.8. The lowest BCUT2D eigenvalue weighted by molar-refractivity contribution is -0.118. The molecule has 8 rings (SSSR count). The highest BCUT2D eigenvalue weighted by Gasteiger charge is 2.31. The van der Waals surface area contributed by atoms with Gasteiger partial charge in [-0.15, -0.1) is 0 Å². The van der Waals surface area contributed by atoms with Gasteiger partial charge in [0.1, 0.15) is 5.82 Å². The van der Waals surface area contributed by atoms with Gasteiger partial charge in [0.2, 0.25) is 5.91 Å². The largest absolute Gasteiger partial charge is 0.368 e. The number of aromatic nitrogens is 4. The number of fused-ring (bicyclic) bond motifs is 2. The minimum absolute atomic E-state index is 0.0863. The number of benzene rings is 2. The van der Waals surface area contributed by atoms with Crippen LogP contribution in [0.1, 0.15) is 31.9 Å². The molecular formula is C45H42Cl2N10O3. The van der Waals surface area contributed by atoms with E-state index in [0.717, 1.165) is 41.9 Å². The van der Waals surface area contributed by atoms with E-state index in [1.165, 1.54) is 4.90 Å². The second-order valence-corrected chi connectivity index (χ2v) is 15.2. The van der Waals surface area contributed by atoms with Gasteiger partial charge in [-0.25, -0.2) is 24.5 Å². The van der Waals surface area contributed by atoms with Gasteiger partial charge in [-0.2, -0.15) is 0 Å². The number of hydrogen-bond acceptors (Lipinski definition) is 8. The van der Waals surface area contributed by atoms with Crippen LogP contribution in [-0.4, -0.2) is 70.6 Å². The molecule has 0 saturated heterocycles. The van der Waals surface area contributed by atoms with E-state index in [0.29, 0.717) is 76.3 Å². The summed E-state index contributed by atoms with van der Waals surface area (Å²) in [6.07, 6.45) is 5.51. The molecular weight excluding hydrogens is 799 g/mol. The van der Waals surface area contributed by atoms with Gasteiger partial charge in [0.15, 0.2) is 11.6 Å². The average molecular weight is 842 g/mol. The van der Waals surface area contributed by atoms with Gasteiger partial charge in [-0.1, -0.05) is 53.5 Å². The van der Waals surface area contributed by atoms with Crippen molar-refractivity contribution in [1.82, 2.24) is 19.9 Å². The van der Waals surface area contributed by atoms with Crippen LogP contribution >= 0.6 is 23.2 Å². The predicted molar refractivity (Wildman–Crippen MR) is 238 cm³/mol. The van der Waals surface area contributed by atoms with E-state index in [2.05, 4.69) is 20.5 Å². The number of carbonyl (C=O) groups is 3. The first-order valence-corrected chi connectivity index (χ1v) is 20.6. The molecule has 5 amide bonds. The number of amides is 5. The zero-order valence-corrected chi connectivity index (χ0v) is 34.4. The molecule has 0 bridgehead atoms. The summed E-state index contributed by atoms with van der Waals surface area (Å²) in [5.74, 6) is 1.25. The fourth-order valence-electron chi connectivity index (χ4n) is 7.50. The monoisotopic (exact) mass is 840 g/mol. The topological polar surface area (TPSA) is 140 Å². The standard InChI is InChI=1S/C45H42Cl2N10O3/c1-2-55-39-18-16-37(31-9-4-11-33(47)29-31)52-43(39)57(27-21-41(55)58)45(60)53-40-14-5-12-34(49-40)13-6-24-54-25-7-26-56(44(59)50-35-19-22-48-23-20-35)42-38(54)17-15-36(51-42)30-8-3-10-32(46)28-30/h3-5,8-12,14-20,22-23,28-29H,2,6-7,13,21,24-27H2,1H3,(H,48,50,59)(H,49,53,60). The van der Waals surface area contributed by atoms with E-state index >= 15 is 0 Å². The Morgan fingerprint density at radius 3 is 2.02 bits per heavy atom. The van der Waals surface area contributed by atoms with Crippen molar-refractivity contribution in [2.75, 3.05) is 63.0 Å².